The second-order valence-electron chi connectivity index (χ2n) is 7.16. The maximum Gasteiger partial charge on any atom is 0.416 e. The summed E-state index contributed by atoms with van der Waals surface area (Å²) in [4.78, 5) is 52.8. The van der Waals surface area contributed by atoms with Crippen molar-refractivity contribution in [2.24, 2.45) is 14.1 Å². The number of hydrogen-bond donors (Lipinski definition) is 1. The molecule has 33 heavy (non-hydrogen) atoms. The number of carbonyl (C=O) groups excluding carboxylic acids is 2. The van der Waals surface area contributed by atoms with E-state index in [-0.39, 0.29) is 36.3 Å². The molecule has 1 N–H and O–H groups in total. The summed E-state index contributed by atoms with van der Waals surface area (Å²) >= 11 is 0. The number of amides is 1. The van der Waals surface area contributed by atoms with Gasteiger partial charge < -0.3 is 14.6 Å². The largest absolute Gasteiger partial charge is 0.464 e. The van der Waals surface area contributed by atoms with Gasteiger partial charge in [-0.1, -0.05) is 0 Å². The zero-order valence-corrected chi connectivity index (χ0v) is 17.7. The quantitative estimate of drug-likeness (QED) is 0.406. The molecule has 0 fully saturated rings. The number of esters is 1. The van der Waals surface area contributed by atoms with E-state index in [0.29, 0.717) is 0 Å². The van der Waals surface area contributed by atoms with Crippen LogP contribution in [0.15, 0.2) is 40.2 Å². The fraction of sp³-hybridized carbons (Fsp3) is 0.350. The van der Waals surface area contributed by atoms with Crippen molar-refractivity contribution in [1.29, 1.82) is 0 Å². The number of benzene rings is 1. The Morgan fingerprint density at radius 3 is 2.42 bits per heavy atom. The fourth-order valence-electron chi connectivity index (χ4n) is 3.12. The van der Waals surface area contributed by atoms with Crippen molar-refractivity contribution in [1.82, 2.24) is 24.0 Å². The molecule has 1 aromatic carbocycles. The highest BCUT2D eigenvalue weighted by molar-refractivity contribution is 5.95. The van der Waals surface area contributed by atoms with Crippen molar-refractivity contribution >= 4 is 23.0 Å². The van der Waals surface area contributed by atoms with Gasteiger partial charge in [-0.2, -0.15) is 13.2 Å². The summed E-state index contributed by atoms with van der Waals surface area (Å²) in [7, 11) is 3.12. The van der Waals surface area contributed by atoms with Crippen molar-refractivity contribution in [3.05, 3.63) is 62.6 Å². The van der Waals surface area contributed by atoms with Crippen molar-refractivity contribution in [2.45, 2.75) is 19.1 Å². The van der Waals surface area contributed by atoms with E-state index in [1.807, 2.05) is 0 Å². The first-order chi connectivity index (χ1) is 15.5. The van der Waals surface area contributed by atoms with Crippen molar-refractivity contribution < 1.29 is 27.5 Å². The van der Waals surface area contributed by atoms with Crippen molar-refractivity contribution in [3.63, 3.8) is 0 Å². The van der Waals surface area contributed by atoms with Gasteiger partial charge in [0.2, 0.25) is 0 Å². The standard InChI is InChI=1S/C20H20F3N5O5/c1-26-11-25-16-15(26)18(31)28(19(32)27(16)2)8-3-9-33-14(29)10-24-17(30)12-4-6-13(7-5-12)20(21,22)23/h4-7,11H,3,8-10H2,1-2H3,(H,24,30). The molecule has 2 aromatic heterocycles. The second kappa shape index (κ2) is 9.30. The summed E-state index contributed by atoms with van der Waals surface area (Å²) < 4.78 is 46.4. The molecule has 0 aliphatic rings. The van der Waals surface area contributed by atoms with Crippen LogP contribution in [0.3, 0.4) is 0 Å². The van der Waals surface area contributed by atoms with Crippen LogP contribution in [-0.2, 0) is 36.3 Å². The Morgan fingerprint density at radius 2 is 1.79 bits per heavy atom. The third-order valence-corrected chi connectivity index (χ3v) is 4.86. The number of rotatable bonds is 7. The Hall–Kier alpha value is -3.90. The highest BCUT2D eigenvalue weighted by atomic mass is 19.4. The predicted octanol–water partition coefficient (Wildman–Crippen LogP) is 0.816. The third kappa shape index (κ3) is 5.13. The van der Waals surface area contributed by atoms with Gasteiger partial charge in [-0.05, 0) is 30.7 Å². The van der Waals surface area contributed by atoms with Crippen LogP contribution in [0.4, 0.5) is 13.2 Å². The molecular weight excluding hydrogens is 447 g/mol. The second-order valence-corrected chi connectivity index (χ2v) is 7.16. The Bertz CT molecular complexity index is 1310. The number of fused-ring (bicyclic) bond motifs is 1. The van der Waals surface area contributed by atoms with Gasteiger partial charge in [0.1, 0.15) is 6.54 Å². The average molecular weight is 467 g/mol. The van der Waals surface area contributed by atoms with E-state index in [9.17, 15) is 32.3 Å². The molecule has 0 unspecified atom stereocenters. The number of carbonyl (C=O) groups is 2. The molecular formula is C20H20F3N5O5. The van der Waals surface area contributed by atoms with Gasteiger partial charge in [0, 0.05) is 26.2 Å². The topological polar surface area (TPSA) is 117 Å². The fourth-order valence-corrected chi connectivity index (χ4v) is 3.12. The number of ether oxygens (including phenoxy) is 1. The number of halogens is 3. The van der Waals surface area contributed by atoms with E-state index < -0.39 is 41.4 Å². The van der Waals surface area contributed by atoms with Gasteiger partial charge >= 0.3 is 17.8 Å². The molecule has 0 aliphatic heterocycles. The minimum atomic E-state index is -4.52. The number of aromatic nitrogens is 4. The van der Waals surface area contributed by atoms with E-state index in [4.69, 9.17) is 4.74 Å². The monoisotopic (exact) mass is 467 g/mol. The Labute approximate surface area is 184 Å². The summed E-state index contributed by atoms with van der Waals surface area (Å²) in [6.45, 7) is -0.617. The smallest absolute Gasteiger partial charge is 0.416 e. The Morgan fingerprint density at radius 1 is 1.12 bits per heavy atom. The van der Waals surface area contributed by atoms with Gasteiger partial charge in [0.15, 0.2) is 11.2 Å². The number of nitrogens with one attached hydrogen (secondary N) is 1. The maximum atomic E-state index is 12.6. The number of alkyl halides is 3. The van der Waals surface area contributed by atoms with E-state index >= 15 is 0 Å². The van der Waals surface area contributed by atoms with E-state index in [1.54, 1.807) is 7.05 Å². The van der Waals surface area contributed by atoms with Gasteiger partial charge in [0.05, 0.1) is 18.5 Å². The lowest BCUT2D eigenvalue weighted by Crippen LogP contribution is -2.40. The first kappa shape index (κ1) is 23.8. The third-order valence-electron chi connectivity index (χ3n) is 4.86. The Balaban J connectivity index is 1.49. The van der Waals surface area contributed by atoms with Gasteiger partial charge in [0.25, 0.3) is 11.5 Å². The van der Waals surface area contributed by atoms with Crippen LogP contribution >= 0.6 is 0 Å². The molecule has 0 saturated carbocycles. The summed E-state index contributed by atoms with van der Waals surface area (Å²) in [5.41, 5.74) is -1.48. The van der Waals surface area contributed by atoms with E-state index in [0.717, 1.165) is 28.8 Å². The van der Waals surface area contributed by atoms with Crippen LogP contribution in [0, 0.1) is 0 Å². The molecule has 176 valence electrons. The Kier molecular flexibility index (Phi) is 6.70. The highest BCUT2D eigenvalue weighted by Gasteiger charge is 2.30. The number of hydrogen-bond acceptors (Lipinski definition) is 6. The van der Waals surface area contributed by atoms with Crippen LogP contribution in [-0.4, -0.2) is 43.7 Å². The number of imidazole rings is 1. The summed E-state index contributed by atoms with van der Waals surface area (Å²) in [5, 5.41) is 2.25. The summed E-state index contributed by atoms with van der Waals surface area (Å²) in [6.07, 6.45) is -2.93. The highest BCUT2D eigenvalue weighted by Crippen LogP contribution is 2.29. The molecule has 0 spiro atoms. The van der Waals surface area contributed by atoms with E-state index in [2.05, 4.69) is 10.3 Å². The normalized spacial score (nSPS) is 11.5. The molecule has 0 radical (unpaired) electrons. The van der Waals surface area contributed by atoms with Crippen LogP contribution in [0.25, 0.3) is 11.2 Å². The lowest BCUT2D eigenvalue weighted by molar-refractivity contribution is -0.142. The SMILES string of the molecule is Cn1cnc2c1c(=O)n(CCCOC(=O)CNC(=O)c1ccc(C(F)(F)F)cc1)c(=O)n2C. The van der Waals surface area contributed by atoms with Crippen molar-refractivity contribution in [3.8, 4) is 0 Å². The lowest BCUT2D eigenvalue weighted by atomic mass is 10.1. The molecule has 0 atom stereocenters. The van der Waals surface area contributed by atoms with Gasteiger partial charge in [-0.25, -0.2) is 9.78 Å². The van der Waals surface area contributed by atoms with Crippen LogP contribution < -0.4 is 16.6 Å². The molecule has 10 nitrogen and oxygen atoms in total. The van der Waals surface area contributed by atoms with Crippen LogP contribution in [0.1, 0.15) is 22.3 Å². The molecule has 0 bridgehead atoms. The van der Waals surface area contributed by atoms with E-state index in [1.165, 1.54) is 22.5 Å². The van der Waals surface area contributed by atoms with Gasteiger partial charge in [-0.15, -0.1) is 0 Å². The zero-order chi connectivity index (χ0) is 24.3. The van der Waals surface area contributed by atoms with Gasteiger partial charge in [-0.3, -0.25) is 23.5 Å². The summed E-state index contributed by atoms with van der Waals surface area (Å²) in [6, 6.07) is 3.53. The molecule has 1 amide bonds. The summed E-state index contributed by atoms with van der Waals surface area (Å²) in [5.74, 6) is -1.52. The zero-order valence-electron chi connectivity index (χ0n) is 17.7. The molecule has 3 rings (SSSR count). The molecule has 3 aromatic rings. The first-order valence-corrected chi connectivity index (χ1v) is 9.72. The van der Waals surface area contributed by atoms with Crippen LogP contribution in [0.5, 0.6) is 0 Å². The molecule has 0 saturated heterocycles. The maximum absolute atomic E-state index is 12.6. The average Bonchev–Trinajstić information content (AvgIpc) is 3.16. The number of nitrogens with zero attached hydrogens (tertiary/aromatic N) is 4. The minimum Gasteiger partial charge on any atom is -0.464 e. The van der Waals surface area contributed by atoms with Crippen molar-refractivity contribution in [2.75, 3.05) is 13.2 Å². The number of aryl methyl sites for hydroxylation is 2. The minimum absolute atomic E-state index is 0.00216. The molecule has 0 aliphatic carbocycles. The lowest BCUT2D eigenvalue weighted by Gasteiger charge is -2.10. The first-order valence-electron chi connectivity index (χ1n) is 9.72. The molecule has 2 heterocycles. The molecule has 13 heteroatoms. The predicted molar refractivity (Wildman–Crippen MR) is 110 cm³/mol. The van der Waals surface area contributed by atoms with Crippen LogP contribution in [0.2, 0.25) is 0 Å².